The van der Waals surface area contributed by atoms with Crippen LogP contribution in [0.5, 0.6) is 0 Å². The summed E-state index contributed by atoms with van der Waals surface area (Å²) in [7, 11) is 0. The van der Waals surface area contributed by atoms with Crippen molar-refractivity contribution in [1.82, 2.24) is 5.32 Å². The summed E-state index contributed by atoms with van der Waals surface area (Å²) >= 11 is 3.45. The maximum absolute atomic E-state index is 4.37. The molecule has 0 fully saturated rings. The predicted octanol–water partition coefficient (Wildman–Crippen LogP) is 2.20. The summed E-state index contributed by atoms with van der Waals surface area (Å²) in [6.07, 6.45) is 1.04. The molecule has 1 radical (unpaired) electrons. The first-order chi connectivity index (χ1) is 4.86. The number of nitrogens with zero attached hydrogens (tertiary/aromatic N) is 1. The number of fused-ring (bicyclic) bond motifs is 1. The standard InChI is InChI=1S/C8H7BrN/c9-8-5-6-3-1-2-4-7(6)10-8/h1-4,8H,5H2. The minimum absolute atomic E-state index is 0.310. The molecule has 0 saturated heterocycles. The Morgan fingerprint density at radius 3 is 3.00 bits per heavy atom. The maximum atomic E-state index is 4.37. The Bertz CT molecular complexity index is 222. The van der Waals surface area contributed by atoms with Crippen molar-refractivity contribution in [2.75, 3.05) is 0 Å². The van der Waals surface area contributed by atoms with Gasteiger partial charge in [-0.15, -0.1) is 0 Å². The molecule has 1 aliphatic rings. The number of benzene rings is 1. The smallest absolute Gasteiger partial charge is 0.109 e. The van der Waals surface area contributed by atoms with E-state index in [0.717, 1.165) is 12.1 Å². The third-order valence-corrected chi connectivity index (χ3v) is 2.19. The SMILES string of the molecule is BrC1Cc2ccccc2[N]1. The molecule has 0 amide bonds. The molecule has 0 bridgehead atoms. The van der Waals surface area contributed by atoms with E-state index in [1.54, 1.807) is 0 Å². The van der Waals surface area contributed by atoms with Crippen molar-refractivity contribution in [2.24, 2.45) is 0 Å². The molecule has 1 atom stereocenters. The Morgan fingerprint density at radius 1 is 1.40 bits per heavy atom. The van der Waals surface area contributed by atoms with E-state index in [-0.39, 0.29) is 0 Å². The van der Waals surface area contributed by atoms with E-state index in [9.17, 15) is 0 Å². The molecule has 51 valence electrons. The van der Waals surface area contributed by atoms with Gasteiger partial charge in [0.2, 0.25) is 0 Å². The zero-order chi connectivity index (χ0) is 6.97. The van der Waals surface area contributed by atoms with E-state index < -0.39 is 0 Å². The Balaban J connectivity index is 2.42. The monoisotopic (exact) mass is 196 g/mol. The van der Waals surface area contributed by atoms with Gasteiger partial charge in [0.05, 0.1) is 5.69 Å². The molecule has 1 aliphatic heterocycles. The van der Waals surface area contributed by atoms with Crippen molar-refractivity contribution < 1.29 is 0 Å². The highest BCUT2D eigenvalue weighted by Gasteiger charge is 2.17. The lowest BCUT2D eigenvalue weighted by Crippen LogP contribution is -2.02. The molecule has 2 rings (SSSR count). The average molecular weight is 197 g/mol. The van der Waals surface area contributed by atoms with Crippen LogP contribution in [-0.4, -0.2) is 4.95 Å². The molecule has 0 aromatic heterocycles. The number of alkyl halides is 1. The highest BCUT2D eigenvalue weighted by atomic mass is 79.9. The van der Waals surface area contributed by atoms with Crippen molar-refractivity contribution in [1.29, 1.82) is 0 Å². The predicted molar refractivity (Wildman–Crippen MR) is 44.7 cm³/mol. The first-order valence-electron chi connectivity index (χ1n) is 3.29. The van der Waals surface area contributed by atoms with E-state index in [0.29, 0.717) is 4.95 Å². The topological polar surface area (TPSA) is 14.1 Å². The van der Waals surface area contributed by atoms with Crippen LogP contribution in [0.4, 0.5) is 5.69 Å². The quantitative estimate of drug-likeness (QED) is 0.447. The zero-order valence-electron chi connectivity index (χ0n) is 5.42. The summed E-state index contributed by atoms with van der Waals surface area (Å²) in [5.74, 6) is 0. The molecule has 0 saturated carbocycles. The minimum Gasteiger partial charge on any atom is -0.270 e. The molecule has 1 unspecified atom stereocenters. The van der Waals surface area contributed by atoms with Gasteiger partial charge in [-0.3, -0.25) is 5.32 Å². The second kappa shape index (κ2) is 2.27. The van der Waals surface area contributed by atoms with E-state index in [1.165, 1.54) is 5.56 Å². The molecular weight excluding hydrogens is 190 g/mol. The summed E-state index contributed by atoms with van der Waals surface area (Å²) < 4.78 is 0. The third kappa shape index (κ3) is 0.926. The van der Waals surface area contributed by atoms with Gasteiger partial charge in [-0.25, -0.2) is 0 Å². The zero-order valence-corrected chi connectivity index (χ0v) is 7.01. The molecule has 10 heavy (non-hydrogen) atoms. The fraction of sp³-hybridized carbons (Fsp3) is 0.250. The molecular formula is C8H7BrN. The number of halogens is 1. The van der Waals surface area contributed by atoms with Gasteiger partial charge >= 0.3 is 0 Å². The summed E-state index contributed by atoms with van der Waals surface area (Å²) in [5, 5.41) is 4.37. The second-order valence-corrected chi connectivity index (χ2v) is 3.45. The van der Waals surface area contributed by atoms with Crippen molar-refractivity contribution in [3.63, 3.8) is 0 Å². The van der Waals surface area contributed by atoms with Crippen LogP contribution in [-0.2, 0) is 6.42 Å². The van der Waals surface area contributed by atoms with E-state index >= 15 is 0 Å². The van der Waals surface area contributed by atoms with Gasteiger partial charge in [-0.05, 0) is 11.6 Å². The first kappa shape index (κ1) is 6.23. The first-order valence-corrected chi connectivity index (χ1v) is 4.20. The van der Waals surface area contributed by atoms with Crippen molar-refractivity contribution >= 4 is 21.6 Å². The van der Waals surface area contributed by atoms with Crippen LogP contribution < -0.4 is 5.32 Å². The number of hydrogen-bond donors (Lipinski definition) is 0. The van der Waals surface area contributed by atoms with Crippen molar-refractivity contribution in [2.45, 2.75) is 11.4 Å². The van der Waals surface area contributed by atoms with Gasteiger partial charge in [0.1, 0.15) is 4.95 Å². The van der Waals surface area contributed by atoms with Gasteiger partial charge in [-0.2, -0.15) is 0 Å². The summed E-state index contributed by atoms with van der Waals surface area (Å²) in [4.78, 5) is 0.310. The van der Waals surface area contributed by atoms with Crippen molar-refractivity contribution in [3.8, 4) is 0 Å². The lowest BCUT2D eigenvalue weighted by molar-refractivity contribution is 0.857. The second-order valence-electron chi connectivity index (χ2n) is 2.40. The van der Waals surface area contributed by atoms with E-state index in [2.05, 4.69) is 39.4 Å². The minimum atomic E-state index is 0.310. The largest absolute Gasteiger partial charge is 0.270 e. The molecule has 2 heteroatoms. The Morgan fingerprint density at radius 2 is 2.20 bits per heavy atom. The van der Waals surface area contributed by atoms with Crippen LogP contribution in [0, 0.1) is 0 Å². The third-order valence-electron chi connectivity index (χ3n) is 1.66. The molecule has 1 aromatic rings. The Kier molecular flexibility index (Phi) is 1.42. The van der Waals surface area contributed by atoms with E-state index in [1.807, 2.05) is 6.07 Å². The van der Waals surface area contributed by atoms with Gasteiger partial charge in [-0.1, -0.05) is 34.1 Å². The lowest BCUT2D eigenvalue weighted by Gasteiger charge is -1.94. The normalized spacial score (nSPS) is 21.9. The molecule has 1 heterocycles. The van der Waals surface area contributed by atoms with Gasteiger partial charge in [0, 0.05) is 6.42 Å². The maximum Gasteiger partial charge on any atom is 0.109 e. The molecule has 0 spiro atoms. The Hall–Kier alpha value is -0.500. The average Bonchev–Trinajstić information content (AvgIpc) is 2.27. The lowest BCUT2D eigenvalue weighted by atomic mass is 10.2. The molecule has 0 N–H and O–H groups in total. The van der Waals surface area contributed by atoms with E-state index in [4.69, 9.17) is 0 Å². The highest BCUT2D eigenvalue weighted by molar-refractivity contribution is 9.09. The van der Waals surface area contributed by atoms with Crippen LogP contribution in [0.3, 0.4) is 0 Å². The van der Waals surface area contributed by atoms with Crippen LogP contribution in [0.2, 0.25) is 0 Å². The van der Waals surface area contributed by atoms with Crippen LogP contribution in [0.1, 0.15) is 5.56 Å². The molecule has 1 aromatic carbocycles. The number of hydrogen-bond acceptors (Lipinski definition) is 0. The van der Waals surface area contributed by atoms with Crippen LogP contribution in [0.25, 0.3) is 0 Å². The van der Waals surface area contributed by atoms with Crippen molar-refractivity contribution in [3.05, 3.63) is 29.8 Å². The fourth-order valence-corrected chi connectivity index (χ4v) is 1.76. The Labute approximate surface area is 68.6 Å². The number of para-hydroxylation sites is 1. The highest BCUT2D eigenvalue weighted by Crippen LogP contribution is 2.27. The summed E-state index contributed by atoms with van der Waals surface area (Å²) in [5.41, 5.74) is 2.49. The summed E-state index contributed by atoms with van der Waals surface area (Å²) in [6.45, 7) is 0. The van der Waals surface area contributed by atoms with Crippen LogP contribution >= 0.6 is 15.9 Å². The molecule has 1 nitrogen and oxygen atoms in total. The van der Waals surface area contributed by atoms with Crippen LogP contribution in [0.15, 0.2) is 24.3 Å². The molecule has 0 aliphatic carbocycles. The fourth-order valence-electron chi connectivity index (χ4n) is 1.19. The van der Waals surface area contributed by atoms with Gasteiger partial charge in [0.25, 0.3) is 0 Å². The van der Waals surface area contributed by atoms with Gasteiger partial charge < -0.3 is 0 Å². The van der Waals surface area contributed by atoms with Gasteiger partial charge in [0.15, 0.2) is 0 Å². The summed E-state index contributed by atoms with van der Waals surface area (Å²) in [6, 6.07) is 8.25. The number of rotatable bonds is 0.